The van der Waals surface area contributed by atoms with Crippen LogP contribution in [-0.2, 0) is 19.0 Å². The van der Waals surface area contributed by atoms with Crippen LogP contribution in [0.4, 0.5) is 0 Å². The Labute approximate surface area is 97.8 Å². The Morgan fingerprint density at radius 3 is 3.12 bits per heavy atom. The van der Waals surface area contributed by atoms with Crippen molar-refractivity contribution in [2.45, 2.75) is 24.4 Å². The van der Waals surface area contributed by atoms with Gasteiger partial charge in [-0.05, 0) is 6.42 Å². The van der Waals surface area contributed by atoms with Gasteiger partial charge >= 0.3 is 5.97 Å². The summed E-state index contributed by atoms with van der Waals surface area (Å²) in [6.07, 6.45) is 0.153. The van der Waals surface area contributed by atoms with Crippen LogP contribution in [0, 0.1) is 11.8 Å². The second-order valence-electron chi connectivity index (χ2n) is 4.76. The summed E-state index contributed by atoms with van der Waals surface area (Å²) in [5.41, 5.74) is -0.961. The summed E-state index contributed by atoms with van der Waals surface area (Å²) in [4.78, 5) is 11.6. The van der Waals surface area contributed by atoms with E-state index >= 15 is 0 Å². The minimum atomic E-state index is -1.32. The number of aliphatic hydroxyl groups is 2. The summed E-state index contributed by atoms with van der Waals surface area (Å²) in [7, 11) is 1.29. The second kappa shape index (κ2) is 3.44. The highest BCUT2D eigenvalue weighted by Gasteiger charge is 2.65. The first-order valence-corrected chi connectivity index (χ1v) is 5.54. The Kier molecular flexibility index (Phi) is 2.23. The van der Waals surface area contributed by atoms with Crippen molar-refractivity contribution in [3.8, 4) is 0 Å². The zero-order valence-electron chi connectivity index (χ0n) is 9.33. The van der Waals surface area contributed by atoms with E-state index in [2.05, 4.69) is 4.74 Å². The van der Waals surface area contributed by atoms with E-state index < -0.39 is 29.9 Å². The molecule has 2 aliphatic heterocycles. The minimum Gasteiger partial charge on any atom is -0.472 e. The van der Waals surface area contributed by atoms with Gasteiger partial charge in [-0.15, -0.1) is 0 Å². The monoisotopic (exact) mass is 242 g/mol. The van der Waals surface area contributed by atoms with Crippen LogP contribution in [0.3, 0.4) is 0 Å². The molecular weight excluding hydrogens is 228 g/mol. The first-order valence-electron chi connectivity index (χ1n) is 5.54. The maximum absolute atomic E-state index is 11.6. The van der Waals surface area contributed by atoms with Gasteiger partial charge in [-0.25, -0.2) is 4.79 Å². The third-order valence-corrected chi connectivity index (χ3v) is 3.99. The van der Waals surface area contributed by atoms with Gasteiger partial charge in [0.05, 0.1) is 37.6 Å². The fraction of sp³-hybridized carbons (Fsp3) is 0.727. The van der Waals surface area contributed by atoms with Gasteiger partial charge < -0.3 is 24.4 Å². The molecule has 0 radical (unpaired) electrons. The minimum absolute atomic E-state index is 0.0301. The van der Waals surface area contributed by atoms with E-state index in [0.29, 0.717) is 12.0 Å². The number of aliphatic hydroxyl groups excluding tert-OH is 1. The molecule has 0 spiro atoms. The van der Waals surface area contributed by atoms with E-state index in [0.717, 1.165) is 0 Å². The number of rotatable bonds is 1. The lowest BCUT2D eigenvalue weighted by atomic mass is 9.82. The number of ether oxygens (including phenoxy) is 3. The van der Waals surface area contributed by atoms with Crippen LogP contribution in [0.25, 0.3) is 0 Å². The molecule has 0 aromatic heterocycles. The van der Waals surface area contributed by atoms with Crippen molar-refractivity contribution in [3.05, 3.63) is 11.8 Å². The molecular formula is C11H14O6. The molecule has 3 rings (SSSR count). The maximum Gasteiger partial charge on any atom is 0.337 e. The Hall–Kier alpha value is -1.11. The van der Waals surface area contributed by atoms with E-state index in [9.17, 15) is 15.0 Å². The highest BCUT2D eigenvalue weighted by Crippen LogP contribution is 2.52. The van der Waals surface area contributed by atoms with Crippen LogP contribution >= 0.6 is 0 Å². The number of hydrogen-bond donors (Lipinski definition) is 2. The van der Waals surface area contributed by atoms with E-state index in [4.69, 9.17) is 9.47 Å². The van der Waals surface area contributed by atoms with Crippen molar-refractivity contribution in [1.82, 2.24) is 0 Å². The van der Waals surface area contributed by atoms with Crippen LogP contribution in [-0.4, -0.2) is 47.9 Å². The molecule has 1 saturated heterocycles. The van der Waals surface area contributed by atoms with Gasteiger partial charge in [0.2, 0.25) is 6.29 Å². The van der Waals surface area contributed by atoms with E-state index in [1.165, 1.54) is 13.4 Å². The number of carbonyl (C=O) groups is 1. The molecule has 2 N–H and O–H groups in total. The van der Waals surface area contributed by atoms with Crippen LogP contribution < -0.4 is 0 Å². The SMILES string of the molecule is COC(=O)C1=CO[C@@H]2OC[C@@]3(O)[C@@H]2[C@@H]1C[C@@H]3O. The molecule has 17 heavy (non-hydrogen) atoms. The predicted molar refractivity (Wildman–Crippen MR) is 53.5 cm³/mol. The average molecular weight is 242 g/mol. The molecule has 5 atom stereocenters. The third-order valence-electron chi connectivity index (χ3n) is 3.99. The molecule has 94 valence electrons. The van der Waals surface area contributed by atoms with Gasteiger partial charge in [-0.3, -0.25) is 0 Å². The van der Waals surface area contributed by atoms with Crippen molar-refractivity contribution in [1.29, 1.82) is 0 Å². The van der Waals surface area contributed by atoms with Crippen molar-refractivity contribution < 1.29 is 29.2 Å². The van der Waals surface area contributed by atoms with E-state index in [1.807, 2.05) is 0 Å². The zero-order chi connectivity index (χ0) is 12.2. The lowest BCUT2D eigenvalue weighted by molar-refractivity contribution is -0.142. The molecule has 0 bridgehead atoms. The summed E-state index contributed by atoms with van der Waals surface area (Å²) in [5, 5.41) is 20.3. The number of methoxy groups -OCH3 is 1. The first-order chi connectivity index (χ1) is 8.08. The van der Waals surface area contributed by atoms with Gasteiger partial charge in [-0.1, -0.05) is 0 Å². The van der Waals surface area contributed by atoms with Gasteiger partial charge in [0, 0.05) is 5.92 Å². The molecule has 2 fully saturated rings. The quantitative estimate of drug-likeness (QED) is 0.583. The smallest absolute Gasteiger partial charge is 0.337 e. The normalized spacial score (nSPS) is 47.1. The van der Waals surface area contributed by atoms with Crippen molar-refractivity contribution >= 4 is 5.97 Å². The Morgan fingerprint density at radius 2 is 2.41 bits per heavy atom. The highest BCUT2D eigenvalue weighted by molar-refractivity contribution is 5.89. The topological polar surface area (TPSA) is 85.2 Å². The van der Waals surface area contributed by atoms with Gasteiger partial charge in [0.25, 0.3) is 0 Å². The van der Waals surface area contributed by atoms with Crippen LogP contribution in [0.2, 0.25) is 0 Å². The Balaban J connectivity index is 1.98. The molecule has 2 heterocycles. The van der Waals surface area contributed by atoms with E-state index in [-0.39, 0.29) is 12.5 Å². The zero-order valence-corrected chi connectivity index (χ0v) is 9.33. The molecule has 6 heteroatoms. The lowest BCUT2D eigenvalue weighted by Crippen LogP contribution is -2.45. The van der Waals surface area contributed by atoms with E-state index in [1.54, 1.807) is 0 Å². The van der Waals surface area contributed by atoms with Crippen molar-refractivity contribution in [2.24, 2.45) is 11.8 Å². The fourth-order valence-electron chi connectivity index (χ4n) is 3.09. The second-order valence-corrected chi connectivity index (χ2v) is 4.76. The van der Waals surface area contributed by atoms with Gasteiger partial charge in [0.1, 0.15) is 5.60 Å². The average Bonchev–Trinajstić information content (AvgIpc) is 2.80. The molecule has 1 aliphatic carbocycles. The number of esters is 1. The van der Waals surface area contributed by atoms with Gasteiger partial charge in [-0.2, -0.15) is 0 Å². The predicted octanol–water partition coefficient (Wildman–Crippen LogP) is -0.842. The highest BCUT2D eigenvalue weighted by atomic mass is 16.7. The number of hydrogen-bond acceptors (Lipinski definition) is 6. The Morgan fingerprint density at radius 1 is 1.65 bits per heavy atom. The summed E-state index contributed by atoms with van der Waals surface area (Å²) >= 11 is 0. The maximum atomic E-state index is 11.6. The largest absolute Gasteiger partial charge is 0.472 e. The molecule has 0 aromatic rings. The lowest BCUT2D eigenvalue weighted by Gasteiger charge is -2.31. The standard InChI is InChI=1S/C11H14O6/c1-15-9(13)6-3-16-10-8-5(6)2-7(12)11(8,14)4-17-10/h3,5,7-8,10,12,14H,2,4H2,1H3/t5-,7+,8-,10-,11+/m1/s1. The van der Waals surface area contributed by atoms with Gasteiger partial charge in [0.15, 0.2) is 0 Å². The molecule has 0 unspecified atom stereocenters. The first kappa shape index (κ1) is 11.0. The molecule has 1 saturated carbocycles. The fourth-order valence-corrected chi connectivity index (χ4v) is 3.09. The molecule has 6 nitrogen and oxygen atoms in total. The summed E-state index contributed by atoms with van der Waals surface area (Å²) in [6, 6.07) is 0. The van der Waals surface area contributed by atoms with Crippen molar-refractivity contribution in [3.63, 3.8) is 0 Å². The van der Waals surface area contributed by atoms with Crippen LogP contribution in [0.1, 0.15) is 6.42 Å². The number of carbonyl (C=O) groups excluding carboxylic acids is 1. The molecule has 3 aliphatic rings. The Bertz CT molecular complexity index is 391. The third kappa shape index (κ3) is 1.28. The van der Waals surface area contributed by atoms with Crippen LogP contribution in [0.15, 0.2) is 11.8 Å². The summed E-state index contributed by atoms with van der Waals surface area (Å²) < 4.78 is 15.2. The van der Waals surface area contributed by atoms with Crippen molar-refractivity contribution in [2.75, 3.05) is 13.7 Å². The molecule has 0 amide bonds. The molecule has 0 aromatic carbocycles. The summed E-state index contributed by atoms with van der Waals surface area (Å²) in [5.74, 6) is -1.17. The van der Waals surface area contributed by atoms with Crippen LogP contribution in [0.5, 0.6) is 0 Å². The summed E-state index contributed by atoms with van der Waals surface area (Å²) in [6.45, 7) is 0.0301.